The van der Waals surface area contributed by atoms with Gasteiger partial charge in [0, 0.05) is 17.0 Å². The molecule has 0 aliphatic heterocycles. The van der Waals surface area contributed by atoms with Gasteiger partial charge in [-0.05, 0) is 37.3 Å². The lowest BCUT2D eigenvalue weighted by Gasteiger charge is -2.10. The first-order valence-electron chi connectivity index (χ1n) is 7.61. The van der Waals surface area contributed by atoms with Gasteiger partial charge in [-0.3, -0.25) is 0 Å². The molecule has 0 N–H and O–H groups in total. The topological polar surface area (TPSA) is 39.4 Å². The van der Waals surface area contributed by atoms with Crippen LogP contribution in [0.2, 0.25) is 5.02 Å². The van der Waals surface area contributed by atoms with E-state index in [1.165, 1.54) is 0 Å². The molecule has 4 heteroatoms. The maximum atomic E-state index is 12.0. The molecule has 1 aromatic carbocycles. The number of aryl methyl sites for hydroxylation is 1. The average Bonchev–Trinajstić information content (AvgIpc) is 2.95. The normalized spacial score (nSPS) is 13.6. The summed E-state index contributed by atoms with van der Waals surface area (Å²) in [6.07, 6.45) is 6.01. The molecule has 0 spiro atoms. The van der Waals surface area contributed by atoms with Crippen LogP contribution >= 0.6 is 11.6 Å². The lowest BCUT2D eigenvalue weighted by atomic mass is 10.1. The number of hydrogen-bond donors (Lipinski definition) is 0. The smallest absolute Gasteiger partial charge is 0.339 e. The molecule has 1 aliphatic carbocycles. The molecule has 0 saturated heterocycles. The van der Waals surface area contributed by atoms with Crippen LogP contribution in [0, 0.1) is 0 Å². The third-order valence-corrected chi connectivity index (χ3v) is 4.33. The second-order valence-corrected chi connectivity index (χ2v) is 5.94. The van der Waals surface area contributed by atoms with Crippen molar-refractivity contribution in [3.63, 3.8) is 0 Å². The molecule has 0 radical (unpaired) electrons. The molecule has 2 aromatic rings. The first-order valence-corrected chi connectivity index (χ1v) is 7.99. The lowest BCUT2D eigenvalue weighted by molar-refractivity contribution is 0.306. The molecule has 1 heterocycles. The number of hydrogen-bond acceptors (Lipinski definition) is 3. The summed E-state index contributed by atoms with van der Waals surface area (Å²) < 4.78 is 11.1. The van der Waals surface area contributed by atoms with E-state index in [0.717, 1.165) is 55.0 Å². The summed E-state index contributed by atoms with van der Waals surface area (Å²) in [5, 5.41) is 1.54. The number of benzene rings is 1. The van der Waals surface area contributed by atoms with Gasteiger partial charge < -0.3 is 9.15 Å². The molecule has 0 unspecified atom stereocenters. The molecule has 0 fully saturated rings. The van der Waals surface area contributed by atoms with Crippen molar-refractivity contribution in [2.75, 3.05) is 6.61 Å². The van der Waals surface area contributed by atoms with Crippen LogP contribution in [0.3, 0.4) is 0 Å². The lowest BCUT2D eigenvalue weighted by Crippen LogP contribution is -2.07. The van der Waals surface area contributed by atoms with Gasteiger partial charge in [0.25, 0.3) is 0 Å². The fraction of sp³-hybridized carbons (Fsp3) is 0.471. The molecule has 0 amide bonds. The third-order valence-electron chi connectivity index (χ3n) is 4.03. The molecular formula is C17H19ClO3. The largest absolute Gasteiger partial charge is 0.492 e. The summed E-state index contributed by atoms with van der Waals surface area (Å²) in [6, 6.07) is 3.63. The highest BCUT2D eigenvalue weighted by molar-refractivity contribution is 6.32. The van der Waals surface area contributed by atoms with Crippen LogP contribution in [0.4, 0.5) is 0 Å². The van der Waals surface area contributed by atoms with Gasteiger partial charge in [0.05, 0.1) is 11.6 Å². The summed E-state index contributed by atoms with van der Waals surface area (Å²) in [6.45, 7) is 2.78. The summed E-state index contributed by atoms with van der Waals surface area (Å²) in [5.74, 6) is 0.598. The highest BCUT2D eigenvalue weighted by Gasteiger charge is 2.20. The van der Waals surface area contributed by atoms with Gasteiger partial charge in [0.1, 0.15) is 11.3 Å². The zero-order valence-electron chi connectivity index (χ0n) is 12.2. The predicted molar refractivity (Wildman–Crippen MR) is 84.5 cm³/mol. The van der Waals surface area contributed by atoms with Gasteiger partial charge in [0.15, 0.2) is 0 Å². The fourth-order valence-electron chi connectivity index (χ4n) is 2.93. The van der Waals surface area contributed by atoms with Crippen LogP contribution in [-0.2, 0) is 12.8 Å². The highest BCUT2D eigenvalue weighted by Crippen LogP contribution is 2.34. The minimum Gasteiger partial charge on any atom is -0.492 e. The fourth-order valence-corrected chi connectivity index (χ4v) is 3.15. The minimum absolute atomic E-state index is 0.214. The molecular weight excluding hydrogens is 288 g/mol. The predicted octanol–water partition coefficient (Wildman–Crippen LogP) is 4.50. The van der Waals surface area contributed by atoms with Crippen LogP contribution in [0.1, 0.15) is 43.7 Å². The Bertz CT molecular complexity index is 718. The van der Waals surface area contributed by atoms with Crippen LogP contribution in [0.5, 0.6) is 5.75 Å². The van der Waals surface area contributed by atoms with Crippen molar-refractivity contribution in [1.29, 1.82) is 0 Å². The summed E-state index contributed by atoms with van der Waals surface area (Å²) >= 11 is 6.31. The second kappa shape index (κ2) is 6.10. The standard InChI is InChI=1S/C17H19ClO3/c1-2-3-4-8-20-16-10-15-13(9-14(16)18)11-6-5-7-12(11)17(19)21-15/h9-10H,2-8H2,1H3. The molecule has 3 nitrogen and oxygen atoms in total. The van der Waals surface area contributed by atoms with Crippen LogP contribution < -0.4 is 10.4 Å². The van der Waals surface area contributed by atoms with Crippen molar-refractivity contribution >= 4 is 22.6 Å². The van der Waals surface area contributed by atoms with E-state index in [0.29, 0.717) is 23.0 Å². The molecule has 1 aromatic heterocycles. The Labute approximate surface area is 128 Å². The highest BCUT2D eigenvalue weighted by atomic mass is 35.5. The Kier molecular flexibility index (Phi) is 4.20. The summed E-state index contributed by atoms with van der Waals surface area (Å²) in [7, 11) is 0. The van der Waals surface area contributed by atoms with E-state index in [-0.39, 0.29) is 5.63 Å². The molecule has 0 atom stereocenters. The van der Waals surface area contributed by atoms with E-state index >= 15 is 0 Å². The van der Waals surface area contributed by atoms with Crippen molar-refractivity contribution in [1.82, 2.24) is 0 Å². The van der Waals surface area contributed by atoms with Crippen molar-refractivity contribution in [3.8, 4) is 5.75 Å². The molecule has 1 aliphatic rings. The first kappa shape index (κ1) is 14.5. The van der Waals surface area contributed by atoms with Gasteiger partial charge >= 0.3 is 5.63 Å². The Morgan fingerprint density at radius 3 is 2.86 bits per heavy atom. The van der Waals surface area contributed by atoms with E-state index in [4.69, 9.17) is 20.8 Å². The minimum atomic E-state index is -0.214. The van der Waals surface area contributed by atoms with Crippen LogP contribution in [0.25, 0.3) is 11.0 Å². The zero-order valence-corrected chi connectivity index (χ0v) is 13.0. The maximum absolute atomic E-state index is 12.0. The molecule has 21 heavy (non-hydrogen) atoms. The second-order valence-electron chi connectivity index (χ2n) is 5.53. The van der Waals surface area contributed by atoms with Crippen LogP contribution in [0.15, 0.2) is 21.3 Å². The van der Waals surface area contributed by atoms with E-state index in [1.807, 2.05) is 6.07 Å². The van der Waals surface area contributed by atoms with E-state index < -0.39 is 0 Å². The Morgan fingerprint density at radius 1 is 1.24 bits per heavy atom. The number of rotatable bonds is 5. The van der Waals surface area contributed by atoms with Crippen molar-refractivity contribution in [3.05, 3.63) is 38.7 Å². The summed E-state index contributed by atoms with van der Waals surface area (Å²) in [5.41, 5.74) is 2.28. The molecule has 112 valence electrons. The average molecular weight is 307 g/mol. The van der Waals surface area contributed by atoms with E-state index in [9.17, 15) is 4.79 Å². The molecule has 0 bridgehead atoms. The van der Waals surface area contributed by atoms with E-state index in [2.05, 4.69) is 6.92 Å². The SMILES string of the molecule is CCCCCOc1cc2oc(=O)c3c(c2cc1Cl)CCC3. The van der Waals surface area contributed by atoms with Crippen molar-refractivity contribution < 1.29 is 9.15 Å². The van der Waals surface area contributed by atoms with E-state index in [1.54, 1.807) is 6.07 Å². The zero-order chi connectivity index (χ0) is 14.8. The Morgan fingerprint density at radius 2 is 2.05 bits per heavy atom. The first-order chi connectivity index (χ1) is 10.2. The van der Waals surface area contributed by atoms with Gasteiger partial charge in [-0.25, -0.2) is 4.79 Å². The number of unbranched alkanes of at least 4 members (excludes halogenated alkanes) is 2. The third kappa shape index (κ3) is 2.80. The Hall–Kier alpha value is -1.48. The number of fused-ring (bicyclic) bond motifs is 3. The van der Waals surface area contributed by atoms with Crippen LogP contribution in [-0.4, -0.2) is 6.61 Å². The Balaban J connectivity index is 1.96. The monoisotopic (exact) mass is 306 g/mol. The number of ether oxygens (including phenoxy) is 1. The molecule has 3 rings (SSSR count). The van der Waals surface area contributed by atoms with Gasteiger partial charge in [-0.15, -0.1) is 0 Å². The van der Waals surface area contributed by atoms with Gasteiger partial charge in [0.2, 0.25) is 0 Å². The van der Waals surface area contributed by atoms with Gasteiger partial charge in [-0.2, -0.15) is 0 Å². The van der Waals surface area contributed by atoms with Crippen molar-refractivity contribution in [2.24, 2.45) is 0 Å². The molecule has 0 saturated carbocycles. The van der Waals surface area contributed by atoms with Crippen molar-refractivity contribution in [2.45, 2.75) is 45.4 Å². The quantitative estimate of drug-likeness (QED) is 0.603. The number of halogens is 1. The maximum Gasteiger partial charge on any atom is 0.339 e. The van der Waals surface area contributed by atoms with Gasteiger partial charge in [-0.1, -0.05) is 31.4 Å². The summed E-state index contributed by atoms with van der Waals surface area (Å²) in [4.78, 5) is 12.0.